The molecule has 1 aliphatic heterocycles. The van der Waals surface area contributed by atoms with Crippen LogP contribution in [0.15, 0.2) is 61.2 Å². The standard InChI is InChI=1S/C22H27N3O2/c1-3-10-23-22(26)19-7-4-6-18(15-19)17-24-11-13-25(14-12-24)20-8-5-9-21(16-20)27-2/h3-9,15-16H,1,10-14,17H2,2H3,(H,23,26). The molecule has 1 amide bonds. The molecule has 1 heterocycles. The Hall–Kier alpha value is -2.79. The second-order valence-corrected chi connectivity index (χ2v) is 6.66. The minimum atomic E-state index is -0.0559. The highest BCUT2D eigenvalue weighted by Gasteiger charge is 2.18. The lowest BCUT2D eigenvalue weighted by atomic mass is 10.1. The summed E-state index contributed by atoms with van der Waals surface area (Å²) >= 11 is 0. The Labute approximate surface area is 161 Å². The van der Waals surface area contributed by atoms with Gasteiger partial charge in [0.1, 0.15) is 5.75 Å². The highest BCUT2D eigenvalue weighted by atomic mass is 16.5. The van der Waals surface area contributed by atoms with E-state index < -0.39 is 0 Å². The van der Waals surface area contributed by atoms with Gasteiger partial charge in [-0.05, 0) is 29.8 Å². The van der Waals surface area contributed by atoms with E-state index in [0.717, 1.165) is 44.0 Å². The Balaban J connectivity index is 1.56. The van der Waals surface area contributed by atoms with Crippen LogP contribution in [0.1, 0.15) is 15.9 Å². The number of nitrogens with zero attached hydrogens (tertiary/aromatic N) is 2. The summed E-state index contributed by atoms with van der Waals surface area (Å²) in [6, 6.07) is 16.1. The maximum atomic E-state index is 12.1. The smallest absolute Gasteiger partial charge is 0.251 e. The first-order valence-corrected chi connectivity index (χ1v) is 9.29. The highest BCUT2D eigenvalue weighted by Crippen LogP contribution is 2.22. The monoisotopic (exact) mass is 365 g/mol. The fraction of sp³-hybridized carbons (Fsp3) is 0.318. The molecule has 2 aromatic rings. The first-order valence-electron chi connectivity index (χ1n) is 9.29. The van der Waals surface area contributed by atoms with Gasteiger partial charge >= 0.3 is 0 Å². The summed E-state index contributed by atoms with van der Waals surface area (Å²) in [5.41, 5.74) is 3.07. The van der Waals surface area contributed by atoms with Crippen molar-refractivity contribution in [2.24, 2.45) is 0 Å². The normalized spacial score (nSPS) is 14.6. The Kier molecular flexibility index (Phi) is 6.49. The van der Waals surface area contributed by atoms with Gasteiger partial charge in [0.15, 0.2) is 0 Å². The molecule has 27 heavy (non-hydrogen) atoms. The number of piperazine rings is 1. The zero-order valence-corrected chi connectivity index (χ0v) is 15.9. The Morgan fingerprint density at radius 2 is 1.93 bits per heavy atom. The van der Waals surface area contributed by atoms with E-state index in [0.29, 0.717) is 12.1 Å². The summed E-state index contributed by atoms with van der Waals surface area (Å²) in [4.78, 5) is 16.9. The van der Waals surface area contributed by atoms with E-state index in [4.69, 9.17) is 4.74 Å². The third kappa shape index (κ3) is 5.11. The molecule has 1 N–H and O–H groups in total. The van der Waals surface area contributed by atoms with Crippen LogP contribution in [0.5, 0.6) is 5.75 Å². The number of carbonyl (C=O) groups excluding carboxylic acids is 1. The molecule has 0 saturated carbocycles. The number of methoxy groups -OCH3 is 1. The van der Waals surface area contributed by atoms with Gasteiger partial charge in [-0.25, -0.2) is 0 Å². The third-order valence-electron chi connectivity index (χ3n) is 4.79. The van der Waals surface area contributed by atoms with Crippen LogP contribution in [0.4, 0.5) is 5.69 Å². The number of hydrogen-bond donors (Lipinski definition) is 1. The maximum absolute atomic E-state index is 12.1. The van der Waals surface area contributed by atoms with E-state index in [-0.39, 0.29) is 5.91 Å². The molecule has 1 saturated heterocycles. The van der Waals surface area contributed by atoms with Gasteiger partial charge in [0.05, 0.1) is 7.11 Å². The molecule has 1 fully saturated rings. The average molecular weight is 365 g/mol. The van der Waals surface area contributed by atoms with Crippen LogP contribution in [0.3, 0.4) is 0 Å². The molecule has 0 spiro atoms. The van der Waals surface area contributed by atoms with Crippen LogP contribution in [0, 0.1) is 0 Å². The molecular formula is C22H27N3O2. The Bertz CT molecular complexity index is 783. The highest BCUT2D eigenvalue weighted by molar-refractivity contribution is 5.94. The fourth-order valence-corrected chi connectivity index (χ4v) is 3.31. The number of carbonyl (C=O) groups is 1. The summed E-state index contributed by atoms with van der Waals surface area (Å²) in [5, 5.41) is 2.83. The number of amides is 1. The van der Waals surface area contributed by atoms with Gasteiger partial charge in [-0.3, -0.25) is 9.69 Å². The summed E-state index contributed by atoms with van der Waals surface area (Å²) in [7, 11) is 1.70. The Morgan fingerprint density at radius 3 is 2.67 bits per heavy atom. The quantitative estimate of drug-likeness (QED) is 0.767. The number of anilines is 1. The van der Waals surface area contributed by atoms with E-state index in [1.807, 2.05) is 30.3 Å². The number of benzene rings is 2. The average Bonchev–Trinajstić information content (AvgIpc) is 2.73. The van der Waals surface area contributed by atoms with Crippen LogP contribution < -0.4 is 15.0 Å². The van der Waals surface area contributed by atoms with Gasteiger partial charge in [-0.15, -0.1) is 6.58 Å². The van der Waals surface area contributed by atoms with Gasteiger partial charge in [-0.2, -0.15) is 0 Å². The predicted octanol–water partition coefficient (Wildman–Crippen LogP) is 2.93. The van der Waals surface area contributed by atoms with E-state index in [2.05, 4.69) is 39.9 Å². The molecule has 142 valence electrons. The van der Waals surface area contributed by atoms with E-state index in [1.54, 1.807) is 13.2 Å². The molecule has 0 unspecified atom stereocenters. The van der Waals surface area contributed by atoms with Crippen LogP contribution in [-0.4, -0.2) is 50.6 Å². The topological polar surface area (TPSA) is 44.8 Å². The summed E-state index contributed by atoms with van der Waals surface area (Å²) in [5.74, 6) is 0.834. The molecule has 0 radical (unpaired) electrons. The number of nitrogens with one attached hydrogen (secondary N) is 1. The first-order chi connectivity index (χ1) is 13.2. The van der Waals surface area contributed by atoms with Crippen molar-refractivity contribution in [2.75, 3.05) is 44.7 Å². The lowest BCUT2D eigenvalue weighted by molar-refractivity contribution is 0.0958. The van der Waals surface area contributed by atoms with Crippen molar-refractivity contribution in [3.05, 3.63) is 72.3 Å². The minimum Gasteiger partial charge on any atom is -0.497 e. The largest absolute Gasteiger partial charge is 0.497 e. The summed E-state index contributed by atoms with van der Waals surface area (Å²) < 4.78 is 5.33. The third-order valence-corrected chi connectivity index (χ3v) is 4.79. The van der Waals surface area contributed by atoms with Crippen molar-refractivity contribution in [1.29, 1.82) is 0 Å². The number of hydrogen-bond acceptors (Lipinski definition) is 4. The molecule has 5 nitrogen and oxygen atoms in total. The SMILES string of the molecule is C=CCNC(=O)c1cccc(CN2CCN(c3cccc(OC)c3)CC2)c1. The van der Waals surface area contributed by atoms with Crippen molar-refractivity contribution in [3.8, 4) is 5.75 Å². The summed E-state index contributed by atoms with van der Waals surface area (Å²) in [6.07, 6.45) is 1.68. The number of ether oxygens (including phenoxy) is 1. The number of rotatable bonds is 7. The van der Waals surface area contributed by atoms with Crippen LogP contribution in [-0.2, 0) is 6.54 Å². The molecule has 1 aliphatic rings. The minimum absolute atomic E-state index is 0.0559. The van der Waals surface area contributed by atoms with Gasteiger partial charge in [0, 0.05) is 56.6 Å². The maximum Gasteiger partial charge on any atom is 0.251 e. The van der Waals surface area contributed by atoms with Crippen molar-refractivity contribution < 1.29 is 9.53 Å². The van der Waals surface area contributed by atoms with E-state index in [9.17, 15) is 4.79 Å². The lowest BCUT2D eigenvalue weighted by Gasteiger charge is -2.36. The predicted molar refractivity (Wildman–Crippen MR) is 109 cm³/mol. The second-order valence-electron chi connectivity index (χ2n) is 6.66. The van der Waals surface area contributed by atoms with E-state index in [1.165, 1.54) is 5.69 Å². The fourth-order valence-electron chi connectivity index (χ4n) is 3.31. The molecule has 0 bridgehead atoms. The molecular weight excluding hydrogens is 338 g/mol. The van der Waals surface area contributed by atoms with Crippen molar-refractivity contribution in [2.45, 2.75) is 6.54 Å². The summed E-state index contributed by atoms with van der Waals surface area (Å²) in [6.45, 7) is 8.90. The lowest BCUT2D eigenvalue weighted by Crippen LogP contribution is -2.46. The molecule has 3 rings (SSSR count). The molecule has 0 aromatic heterocycles. The van der Waals surface area contributed by atoms with Crippen molar-refractivity contribution in [1.82, 2.24) is 10.2 Å². The van der Waals surface area contributed by atoms with Crippen LogP contribution in [0.2, 0.25) is 0 Å². The van der Waals surface area contributed by atoms with Crippen molar-refractivity contribution >= 4 is 11.6 Å². The van der Waals surface area contributed by atoms with Gasteiger partial charge in [-0.1, -0.05) is 24.3 Å². The molecule has 0 aliphatic carbocycles. The zero-order valence-electron chi connectivity index (χ0n) is 15.9. The van der Waals surface area contributed by atoms with Gasteiger partial charge in [0.25, 0.3) is 5.91 Å². The van der Waals surface area contributed by atoms with Crippen LogP contribution in [0.25, 0.3) is 0 Å². The molecule has 5 heteroatoms. The molecule has 0 atom stereocenters. The second kappa shape index (κ2) is 9.24. The first kappa shape index (κ1) is 19.0. The molecule has 2 aromatic carbocycles. The Morgan fingerprint density at radius 1 is 1.15 bits per heavy atom. The van der Waals surface area contributed by atoms with Crippen LogP contribution >= 0.6 is 0 Å². The van der Waals surface area contributed by atoms with E-state index >= 15 is 0 Å². The van der Waals surface area contributed by atoms with Crippen molar-refractivity contribution in [3.63, 3.8) is 0 Å². The zero-order chi connectivity index (χ0) is 19.1. The van der Waals surface area contributed by atoms with Gasteiger partial charge < -0.3 is 15.0 Å². The van der Waals surface area contributed by atoms with Gasteiger partial charge in [0.2, 0.25) is 0 Å².